The molecule has 1 atom stereocenters. The molecule has 0 fully saturated rings. The molecule has 0 aromatic heterocycles. The average molecular weight is 1020 g/mol. The Bertz CT molecular complexity index is 1400. The van der Waals surface area contributed by atoms with Crippen molar-refractivity contribution in [2.75, 3.05) is 13.2 Å². The van der Waals surface area contributed by atoms with Gasteiger partial charge in [-0.15, -0.1) is 0 Å². The highest BCUT2D eigenvalue weighted by molar-refractivity contribution is 5.71. The Labute approximate surface area is 452 Å². The summed E-state index contributed by atoms with van der Waals surface area (Å²) in [5.41, 5.74) is 0. The average Bonchev–Trinajstić information content (AvgIpc) is 3.39. The molecule has 0 N–H and O–H groups in total. The molecule has 0 aromatic carbocycles. The lowest BCUT2D eigenvalue weighted by molar-refractivity contribution is -0.167. The molecule has 0 bridgehead atoms. The van der Waals surface area contributed by atoms with Crippen LogP contribution in [0.15, 0.2) is 85.1 Å². The third-order valence-electron chi connectivity index (χ3n) is 13.4. The molecule has 73 heavy (non-hydrogen) atoms. The van der Waals surface area contributed by atoms with Crippen LogP contribution in [0.4, 0.5) is 0 Å². The summed E-state index contributed by atoms with van der Waals surface area (Å²) in [6, 6.07) is 0. The molecule has 0 spiro atoms. The Morgan fingerprint density at radius 2 is 0.534 bits per heavy atom. The number of carbonyl (C=O) groups is 3. The normalized spacial score (nSPS) is 12.6. The molecule has 0 heterocycles. The fraction of sp³-hybridized carbons (Fsp3) is 0.746. The summed E-state index contributed by atoms with van der Waals surface area (Å²) in [7, 11) is 0. The number of hydrogen-bond donors (Lipinski definition) is 0. The molecule has 6 heteroatoms. The topological polar surface area (TPSA) is 78.9 Å². The van der Waals surface area contributed by atoms with Crippen LogP contribution in [0.3, 0.4) is 0 Å². The molecule has 0 radical (unpaired) electrons. The maximum Gasteiger partial charge on any atom is 0.306 e. The Hall–Kier alpha value is -3.41. The molecule has 0 saturated carbocycles. The van der Waals surface area contributed by atoms with Crippen molar-refractivity contribution in [3.8, 4) is 0 Å². The van der Waals surface area contributed by atoms with Crippen molar-refractivity contribution in [1.29, 1.82) is 0 Å². The number of carbonyl (C=O) groups excluding carboxylic acids is 3. The summed E-state index contributed by atoms with van der Waals surface area (Å²) in [6.07, 6.45) is 80.1. The van der Waals surface area contributed by atoms with E-state index < -0.39 is 6.10 Å². The molecule has 420 valence electrons. The van der Waals surface area contributed by atoms with Crippen molar-refractivity contribution in [3.05, 3.63) is 85.1 Å². The SMILES string of the molecule is CC/C=C\C/C=C\C/C=C\C/C=C\C/C=C\CCCCCCCCCC(=O)OCC(COC(=O)CCCCCCC/C=C\CCCCCC)OC(=O)CCCCCCCCCCC/C=C\CCCCCCCC. The first kappa shape index (κ1) is 69.6. The largest absolute Gasteiger partial charge is 0.462 e. The smallest absolute Gasteiger partial charge is 0.306 e. The fourth-order valence-corrected chi connectivity index (χ4v) is 8.69. The van der Waals surface area contributed by atoms with Crippen LogP contribution in [0.5, 0.6) is 0 Å². The number of esters is 3. The van der Waals surface area contributed by atoms with Crippen LogP contribution in [0.2, 0.25) is 0 Å². The fourth-order valence-electron chi connectivity index (χ4n) is 8.69. The Kier molecular flexibility index (Phi) is 58.3. The van der Waals surface area contributed by atoms with Crippen LogP contribution in [0.25, 0.3) is 0 Å². The van der Waals surface area contributed by atoms with Crippen molar-refractivity contribution in [2.45, 2.75) is 309 Å². The van der Waals surface area contributed by atoms with Gasteiger partial charge in [-0.2, -0.15) is 0 Å². The van der Waals surface area contributed by atoms with Gasteiger partial charge in [0, 0.05) is 19.3 Å². The van der Waals surface area contributed by atoms with Gasteiger partial charge >= 0.3 is 17.9 Å². The molecule has 0 rings (SSSR count). The molecule has 6 nitrogen and oxygen atoms in total. The molecular formula is C67H116O6. The van der Waals surface area contributed by atoms with E-state index in [0.29, 0.717) is 19.3 Å². The quantitative estimate of drug-likeness (QED) is 0.0261. The first-order chi connectivity index (χ1) is 36.0. The van der Waals surface area contributed by atoms with Crippen LogP contribution in [0.1, 0.15) is 303 Å². The van der Waals surface area contributed by atoms with Crippen molar-refractivity contribution < 1.29 is 28.6 Å². The molecule has 0 aliphatic carbocycles. The van der Waals surface area contributed by atoms with E-state index in [-0.39, 0.29) is 31.1 Å². The van der Waals surface area contributed by atoms with Gasteiger partial charge in [0.15, 0.2) is 6.10 Å². The van der Waals surface area contributed by atoms with Crippen molar-refractivity contribution in [2.24, 2.45) is 0 Å². The molecule has 0 saturated heterocycles. The van der Waals surface area contributed by atoms with E-state index in [2.05, 4.69) is 106 Å². The number of ether oxygens (including phenoxy) is 3. The summed E-state index contributed by atoms with van der Waals surface area (Å²) in [5.74, 6) is -0.895. The third kappa shape index (κ3) is 59.3. The van der Waals surface area contributed by atoms with Gasteiger partial charge in [0.05, 0.1) is 0 Å². The van der Waals surface area contributed by atoms with Crippen LogP contribution in [-0.2, 0) is 28.6 Å². The van der Waals surface area contributed by atoms with E-state index in [4.69, 9.17) is 14.2 Å². The molecule has 0 amide bonds. The summed E-state index contributed by atoms with van der Waals surface area (Å²) in [6.45, 7) is 6.51. The minimum Gasteiger partial charge on any atom is -0.462 e. The summed E-state index contributed by atoms with van der Waals surface area (Å²) in [5, 5.41) is 0. The van der Waals surface area contributed by atoms with Gasteiger partial charge in [-0.25, -0.2) is 0 Å². The maximum atomic E-state index is 12.9. The summed E-state index contributed by atoms with van der Waals surface area (Å²) < 4.78 is 16.9. The lowest BCUT2D eigenvalue weighted by Crippen LogP contribution is -2.30. The zero-order valence-electron chi connectivity index (χ0n) is 48.1. The van der Waals surface area contributed by atoms with Gasteiger partial charge in [-0.05, 0) is 116 Å². The summed E-state index contributed by atoms with van der Waals surface area (Å²) >= 11 is 0. The highest BCUT2D eigenvalue weighted by Gasteiger charge is 2.19. The Morgan fingerprint density at radius 1 is 0.288 bits per heavy atom. The number of unbranched alkanes of at least 4 members (excludes halogenated alkanes) is 31. The van der Waals surface area contributed by atoms with Crippen LogP contribution >= 0.6 is 0 Å². The van der Waals surface area contributed by atoms with Gasteiger partial charge in [-0.3, -0.25) is 14.4 Å². The molecule has 0 aromatic rings. The highest BCUT2D eigenvalue weighted by atomic mass is 16.6. The molecule has 1 unspecified atom stereocenters. The van der Waals surface area contributed by atoms with Crippen LogP contribution < -0.4 is 0 Å². The van der Waals surface area contributed by atoms with E-state index in [9.17, 15) is 14.4 Å². The van der Waals surface area contributed by atoms with Gasteiger partial charge < -0.3 is 14.2 Å². The minimum atomic E-state index is -0.787. The second-order valence-electron chi connectivity index (χ2n) is 20.6. The predicted molar refractivity (Wildman–Crippen MR) is 316 cm³/mol. The monoisotopic (exact) mass is 1020 g/mol. The van der Waals surface area contributed by atoms with E-state index >= 15 is 0 Å². The Morgan fingerprint density at radius 3 is 0.863 bits per heavy atom. The third-order valence-corrected chi connectivity index (χ3v) is 13.4. The summed E-state index contributed by atoms with van der Waals surface area (Å²) in [4.78, 5) is 38.3. The van der Waals surface area contributed by atoms with E-state index in [0.717, 1.165) is 103 Å². The van der Waals surface area contributed by atoms with Crippen molar-refractivity contribution >= 4 is 17.9 Å². The number of hydrogen-bond acceptors (Lipinski definition) is 6. The van der Waals surface area contributed by atoms with Gasteiger partial charge in [0.1, 0.15) is 13.2 Å². The van der Waals surface area contributed by atoms with Gasteiger partial charge in [0.2, 0.25) is 0 Å². The molecule has 0 aliphatic rings. The lowest BCUT2D eigenvalue weighted by Gasteiger charge is -2.18. The zero-order chi connectivity index (χ0) is 52.9. The van der Waals surface area contributed by atoms with E-state index in [1.54, 1.807) is 0 Å². The molecular weight excluding hydrogens is 901 g/mol. The van der Waals surface area contributed by atoms with Crippen LogP contribution in [-0.4, -0.2) is 37.2 Å². The zero-order valence-corrected chi connectivity index (χ0v) is 48.1. The predicted octanol–water partition coefficient (Wildman–Crippen LogP) is 21.1. The standard InChI is InChI=1S/C67H116O6/c1-4-7-10-13-16-19-22-25-27-29-31-32-33-34-36-37-39-42-45-48-51-54-57-60-66(69)72-63-64(62-71-65(68)59-56-53-50-47-44-41-24-21-18-15-12-9-6-3)73-67(70)61-58-55-52-49-46-43-40-38-35-30-28-26-23-20-17-14-11-8-5-2/h7,10,16,19,21,24-28,31-32,34,36,64H,4-6,8-9,11-15,17-18,20,22-23,29-30,33,35,37-63H2,1-3H3/b10-7-,19-16-,24-21-,27-25-,28-26-,32-31-,36-34-. The second kappa shape index (κ2) is 61.1. The number of rotatable bonds is 56. The molecule has 0 aliphatic heterocycles. The first-order valence-electron chi connectivity index (χ1n) is 31.1. The van der Waals surface area contributed by atoms with E-state index in [1.807, 2.05) is 0 Å². The van der Waals surface area contributed by atoms with E-state index in [1.165, 1.54) is 161 Å². The van der Waals surface area contributed by atoms with Gasteiger partial charge in [0.25, 0.3) is 0 Å². The minimum absolute atomic E-state index is 0.0841. The van der Waals surface area contributed by atoms with Gasteiger partial charge in [-0.1, -0.05) is 254 Å². The second-order valence-corrected chi connectivity index (χ2v) is 20.6. The van der Waals surface area contributed by atoms with Crippen molar-refractivity contribution in [1.82, 2.24) is 0 Å². The van der Waals surface area contributed by atoms with Crippen LogP contribution in [0, 0.1) is 0 Å². The highest BCUT2D eigenvalue weighted by Crippen LogP contribution is 2.16. The maximum absolute atomic E-state index is 12.9. The van der Waals surface area contributed by atoms with Crippen molar-refractivity contribution in [3.63, 3.8) is 0 Å². The number of allylic oxidation sites excluding steroid dienone is 14. The lowest BCUT2D eigenvalue weighted by atomic mass is 10.1. The Balaban J connectivity index is 4.37. The first-order valence-corrected chi connectivity index (χ1v) is 31.1.